The molecule has 0 fully saturated rings. The van der Waals surface area contributed by atoms with Crippen molar-refractivity contribution in [3.63, 3.8) is 0 Å². The number of aliphatic imine (C=N–C) groups is 1. The van der Waals surface area contributed by atoms with E-state index in [-0.39, 0.29) is 16.1 Å². The van der Waals surface area contributed by atoms with Crippen molar-refractivity contribution in [2.45, 2.75) is 25.3 Å². The maximum Gasteiger partial charge on any atom is 0.261 e. The Morgan fingerprint density at radius 3 is 2.62 bits per heavy atom. The summed E-state index contributed by atoms with van der Waals surface area (Å²) in [5.41, 5.74) is 1.10. The normalized spacial score (nSPS) is 15.8. The van der Waals surface area contributed by atoms with Crippen LogP contribution in [0.15, 0.2) is 58.4 Å². The van der Waals surface area contributed by atoms with Gasteiger partial charge in [0.1, 0.15) is 0 Å². The first-order valence-electron chi connectivity index (χ1n) is 8.25. The molecule has 134 valence electrons. The van der Waals surface area contributed by atoms with Crippen LogP contribution in [0.3, 0.4) is 0 Å². The number of rotatable bonds is 3. The molecular formula is C19H19N3O3S. The molecular weight excluding hydrogens is 350 g/mol. The summed E-state index contributed by atoms with van der Waals surface area (Å²) in [5.74, 6) is 0.565. The number of fused-ring (bicyclic) bond motifs is 3. The lowest BCUT2D eigenvalue weighted by Gasteiger charge is -2.25. The second kappa shape index (κ2) is 5.60. The summed E-state index contributed by atoms with van der Waals surface area (Å²) in [6.07, 6.45) is 1.83. The lowest BCUT2D eigenvalue weighted by atomic mass is 9.94. The van der Waals surface area contributed by atoms with Crippen LogP contribution in [0.5, 0.6) is 5.75 Å². The van der Waals surface area contributed by atoms with Crippen molar-refractivity contribution in [3.8, 4) is 5.75 Å². The van der Waals surface area contributed by atoms with E-state index in [0.717, 1.165) is 5.52 Å². The van der Waals surface area contributed by atoms with Crippen molar-refractivity contribution in [1.82, 2.24) is 4.57 Å². The fourth-order valence-corrected chi connectivity index (χ4v) is 4.25. The molecule has 7 heteroatoms. The zero-order valence-electron chi connectivity index (χ0n) is 14.5. The number of anilines is 1. The fourth-order valence-electron chi connectivity index (χ4n) is 3.18. The van der Waals surface area contributed by atoms with Crippen LogP contribution >= 0.6 is 0 Å². The van der Waals surface area contributed by atoms with E-state index in [4.69, 9.17) is 0 Å². The molecule has 0 bridgehead atoms. The SMILES string of the molecule is CC1(C)C=Nc2c(O)c3cc(NS(=O)(=O)c4ccccc4)ccc3n2C1. The molecule has 0 amide bonds. The fraction of sp³-hybridized carbons (Fsp3) is 0.211. The monoisotopic (exact) mass is 369 g/mol. The molecule has 1 aliphatic heterocycles. The van der Waals surface area contributed by atoms with Gasteiger partial charge in [-0.15, -0.1) is 0 Å². The standard InChI is InChI=1S/C19H19N3O3S/c1-19(2)11-20-18-17(23)15-10-13(8-9-16(15)22(18)12-19)21-26(24,25)14-6-4-3-5-7-14/h3-11,21,23H,12H2,1-2H3. The van der Waals surface area contributed by atoms with Gasteiger partial charge < -0.3 is 9.67 Å². The Balaban J connectivity index is 1.76. The van der Waals surface area contributed by atoms with Gasteiger partial charge in [-0.25, -0.2) is 13.4 Å². The molecule has 2 N–H and O–H groups in total. The molecule has 1 aliphatic rings. The summed E-state index contributed by atoms with van der Waals surface area (Å²) in [5, 5.41) is 11.1. The van der Waals surface area contributed by atoms with Crippen LogP contribution < -0.4 is 4.72 Å². The molecule has 0 spiro atoms. The third kappa shape index (κ3) is 2.74. The van der Waals surface area contributed by atoms with E-state index in [9.17, 15) is 13.5 Å². The summed E-state index contributed by atoms with van der Waals surface area (Å²) in [6.45, 7) is 4.84. The molecule has 1 aromatic heterocycles. The van der Waals surface area contributed by atoms with E-state index < -0.39 is 10.0 Å². The van der Waals surface area contributed by atoms with Gasteiger partial charge >= 0.3 is 0 Å². The molecule has 26 heavy (non-hydrogen) atoms. The molecule has 4 rings (SSSR count). The molecule has 0 radical (unpaired) electrons. The highest BCUT2D eigenvalue weighted by molar-refractivity contribution is 7.92. The number of sulfonamides is 1. The smallest absolute Gasteiger partial charge is 0.261 e. The van der Waals surface area contributed by atoms with Crippen molar-refractivity contribution in [2.24, 2.45) is 10.4 Å². The molecule has 2 aromatic carbocycles. The van der Waals surface area contributed by atoms with Gasteiger partial charge in [-0.1, -0.05) is 32.0 Å². The lowest BCUT2D eigenvalue weighted by Crippen LogP contribution is -2.23. The molecule has 0 unspecified atom stereocenters. The number of nitrogens with zero attached hydrogens (tertiary/aromatic N) is 2. The molecule has 2 heterocycles. The predicted molar refractivity (Wildman–Crippen MR) is 103 cm³/mol. The van der Waals surface area contributed by atoms with Crippen LogP contribution in [0.1, 0.15) is 13.8 Å². The quantitative estimate of drug-likeness (QED) is 0.735. The van der Waals surface area contributed by atoms with Crippen LogP contribution in [0.2, 0.25) is 0 Å². The molecule has 3 aromatic rings. The third-order valence-corrected chi connectivity index (χ3v) is 5.81. The highest BCUT2D eigenvalue weighted by atomic mass is 32.2. The number of hydrogen-bond donors (Lipinski definition) is 2. The highest BCUT2D eigenvalue weighted by Crippen LogP contribution is 2.43. The predicted octanol–water partition coefficient (Wildman–Crippen LogP) is 3.89. The van der Waals surface area contributed by atoms with E-state index in [1.165, 1.54) is 12.1 Å². The zero-order chi connectivity index (χ0) is 18.5. The first-order chi connectivity index (χ1) is 12.3. The summed E-state index contributed by atoms with van der Waals surface area (Å²) in [7, 11) is -3.68. The van der Waals surface area contributed by atoms with Crippen molar-refractivity contribution < 1.29 is 13.5 Å². The number of aromatic nitrogens is 1. The Bertz CT molecular complexity index is 1130. The number of aromatic hydroxyl groups is 1. The van der Waals surface area contributed by atoms with Crippen molar-refractivity contribution in [3.05, 3.63) is 48.5 Å². The molecule has 0 atom stereocenters. The van der Waals surface area contributed by atoms with Gasteiger partial charge in [0.25, 0.3) is 10.0 Å². The van der Waals surface area contributed by atoms with E-state index >= 15 is 0 Å². The zero-order valence-corrected chi connectivity index (χ0v) is 15.3. The summed E-state index contributed by atoms with van der Waals surface area (Å²) in [4.78, 5) is 4.57. The summed E-state index contributed by atoms with van der Waals surface area (Å²) < 4.78 is 29.5. The molecule has 0 saturated carbocycles. The van der Waals surface area contributed by atoms with Gasteiger partial charge in [0, 0.05) is 29.2 Å². The summed E-state index contributed by atoms with van der Waals surface area (Å²) >= 11 is 0. The van der Waals surface area contributed by atoms with Crippen LogP contribution in [0.25, 0.3) is 10.9 Å². The van der Waals surface area contributed by atoms with Gasteiger partial charge in [0.05, 0.1) is 10.4 Å². The minimum Gasteiger partial charge on any atom is -0.504 e. The first kappa shape index (κ1) is 16.7. The topological polar surface area (TPSA) is 83.7 Å². The Morgan fingerprint density at radius 2 is 1.88 bits per heavy atom. The van der Waals surface area contributed by atoms with E-state index in [1.807, 2.05) is 10.8 Å². The first-order valence-corrected chi connectivity index (χ1v) is 9.73. The number of hydrogen-bond acceptors (Lipinski definition) is 4. The van der Waals surface area contributed by atoms with Crippen molar-refractivity contribution in [2.75, 3.05) is 4.72 Å². The molecule has 0 aliphatic carbocycles. The maximum atomic E-state index is 12.5. The van der Waals surface area contributed by atoms with Crippen molar-refractivity contribution in [1.29, 1.82) is 0 Å². The molecule has 6 nitrogen and oxygen atoms in total. The van der Waals surface area contributed by atoms with Gasteiger partial charge in [-0.2, -0.15) is 0 Å². The van der Waals surface area contributed by atoms with Gasteiger partial charge in [-0.05, 0) is 30.3 Å². The largest absolute Gasteiger partial charge is 0.504 e. The second-order valence-corrected chi connectivity index (χ2v) is 8.84. The van der Waals surface area contributed by atoms with Crippen LogP contribution in [0, 0.1) is 5.41 Å². The number of benzene rings is 2. The van der Waals surface area contributed by atoms with E-state index in [0.29, 0.717) is 23.4 Å². The van der Waals surface area contributed by atoms with Gasteiger partial charge in [-0.3, -0.25) is 4.72 Å². The van der Waals surface area contributed by atoms with Crippen molar-refractivity contribution >= 4 is 38.6 Å². The maximum absolute atomic E-state index is 12.5. The number of nitrogens with one attached hydrogen (secondary N) is 1. The highest BCUT2D eigenvalue weighted by Gasteiger charge is 2.27. The lowest BCUT2D eigenvalue weighted by molar-refractivity contribution is 0.429. The average Bonchev–Trinajstić information content (AvgIpc) is 2.86. The molecule has 0 saturated heterocycles. The van der Waals surface area contributed by atoms with Crippen LogP contribution in [-0.2, 0) is 16.6 Å². The van der Waals surface area contributed by atoms with Crippen LogP contribution in [-0.4, -0.2) is 24.3 Å². The van der Waals surface area contributed by atoms with E-state index in [2.05, 4.69) is 23.6 Å². The summed E-state index contributed by atoms with van der Waals surface area (Å²) in [6, 6.07) is 13.3. The minimum absolute atomic E-state index is 0.0625. The Labute approximate surface area is 151 Å². The minimum atomic E-state index is -3.68. The average molecular weight is 369 g/mol. The second-order valence-electron chi connectivity index (χ2n) is 7.16. The van der Waals surface area contributed by atoms with Crippen LogP contribution in [0.4, 0.5) is 11.5 Å². The van der Waals surface area contributed by atoms with E-state index in [1.54, 1.807) is 36.4 Å². The Hall–Kier alpha value is -2.80. The third-order valence-electron chi connectivity index (χ3n) is 4.42. The Morgan fingerprint density at radius 1 is 1.15 bits per heavy atom. The van der Waals surface area contributed by atoms with Gasteiger partial charge in [0.15, 0.2) is 11.6 Å². The Kier molecular flexibility index (Phi) is 3.59. The van der Waals surface area contributed by atoms with Gasteiger partial charge in [0.2, 0.25) is 0 Å².